The minimum Gasteiger partial charge on any atom is -0.320 e. The molecule has 4 rings (SSSR count). The SMILES string of the molecule is O=C(Nc1ccc(C(F)F)nc1C1CCN(CC=Cc2ccc(Cl)cc2)CC1)c1ccnc(Cl)c1. The van der Waals surface area contributed by atoms with Crippen LogP contribution in [0.4, 0.5) is 14.5 Å². The second-order valence-electron chi connectivity index (χ2n) is 8.32. The van der Waals surface area contributed by atoms with Gasteiger partial charge in [0.2, 0.25) is 0 Å². The maximum absolute atomic E-state index is 13.4. The lowest BCUT2D eigenvalue weighted by Gasteiger charge is -2.32. The van der Waals surface area contributed by atoms with Crippen LogP contribution in [0.25, 0.3) is 6.08 Å². The molecule has 0 radical (unpaired) electrons. The molecular formula is C26H24Cl2F2N4O. The highest BCUT2D eigenvalue weighted by molar-refractivity contribution is 6.30. The van der Waals surface area contributed by atoms with E-state index in [9.17, 15) is 13.6 Å². The summed E-state index contributed by atoms with van der Waals surface area (Å²) < 4.78 is 26.8. The maximum atomic E-state index is 13.4. The summed E-state index contributed by atoms with van der Waals surface area (Å²) in [5.74, 6) is -0.437. The van der Waals surface area contributed by atoms with Gasteiger partial charge in [-0.05, 0) is 67.9 Å². The van der Waals surface area contributed by atoms with E-state index in [1.807, 2.05) is 24.3 Å². The Labute approximate surface area is 212 Å². The Hall–Kier alpha value is -2.87. The predicted octanol–water partition coefficient (Wildman–Crippen LogP) is 6.87. The number of amides is 1. The summed E-state index contributed by atoms with van der Waals surface area (Å²) in [7, 11) is 0. The van der Waals surface area contributed by atoms with E-state index in [0.29, 0.717) is 22.0 Å². The van der Waals surface area contributed by atoms with Crippen LogP contribution in [0, 0.1) is 0 Å². The predicted molar refractivity (Wildman–Crippen MR) is 135 cm³/mol. The number of hydrogen-bond acceptors (Lipinski definition) is 4. The number of nitrogens with one attached hydrogen (secondary N) is 1. The lowest BCUT2D eigenvalue weighted by molar-refractivity contribution is 0.102. The molecular weight excluding hydrogens is 493 g/mol. The van der Waals surface area contributed by atoms with Crippen molar-refractivity contribution >= 4 is 40.9 Å². The third-order valence-electron chi connectivity index (χ3n) is 5.92. The first kappa shape index (κ1) is 25.2. The van der Waals surface area contributed by atoms with E-state index in [1.165, 1.54) is 30.5 Å². The van der Waals surface area contributed by atoms with Gasteiger partial charge in [0.15, 0.2) is 0 Å². The maximum Gasteiger partial charge on any atom is 0.280 e. The minimum atomic E-state index is -2.68. The summed E-state index contributed by atoms with van der Waals surface area (Å²) in [5.41, 5.74) is 2.05. The molecule has 1 aliphatic heterocycles. The first-order valence-corrected chi connectivity index (χ1v) is 12.0. The molecule has 0 spiro atoms. The fourth-order valence-electron chi connectivity index (χ4n) is 4.07. The first-order valence-electron chi connectivity index (χ1n) is 11.3. The molecule has 1 fully saturated rings. The molecule has 35 heavy (non-hydrogen) atoms. The summed E-state index contributed by atoms with van der Waals surface area (Å²) in [4.78, 5) is 23.2. The van der Waals surface area contributed by atoms with Gasteiger partial charge in [-0.25, -0.2) is 18.7 Å². The molecule has 0 saturated carbocycles. The van der Waals surface area contributed by atoms with Crippen LogP contribution in [0.2, 0.25) is 10.2 Å². The van der Waals surface area contributed by atoms with Gasteiger partial charge < -0.3 is 5.32 Å². The molecule has 0 atom stereocenters. The molecule has 1 N–H and O–H groups in total. The highest BCUT2D eigenvalue weighted by Crippen LogP contribution is 2.33. The number of halogens is 4. The summed E-state index contributed by atoms with van der Waals surface area (Å²) >= 11 is 11.8. The van der Waals surface area contributed by atoms with Crippen molar-refractivity contribution < 1.29 is 13.6 Å². The number of carbonyl (C=O) groups is 1. The zero-order valence-corrected chi connectivity index (χ0v) is 20.3. The summed E-state index contributed by atoms with van der Waals surface area (Å²) in [5, 5.41) is 3.72. The summed E-state index contributed by atoms with van der Waals surface area (Å²) in [6, 6.07) is 13.4. The van der Waals surface area contributed by atoms with E-state index >= 15 is 0 Å². The number of pyridine rings is 2. The van der Waals surface area contributed by atoms with Crippen LogP contribution in [0.15, 0.2) is 60.8 Å². The number of likely N-dealkylation sites (tertiary alicyclic amines) is 1. The summed E-state index contributed by atoms with van der Waals surface area (Å²) in [6.07, 6.45) is 4.40. The van der Waals surface area contributed by atoms with Crippen LogP contribution in [-0.4, -0.2) is 40.4 Å². The van der Waals surface area contributed by atoms with Crippen molar-refractivity contribution in [2.75, 3.05) is 25.0 Å². The number of benzene rings is 1. The molecule has 1 aliphatic rings. The van der Waals surface area contributed by atoms with Crippen LogP contribution >= 0.6 is 23.2 Å². The van der Waals surface area contributed by atoms with Gasteiger partial charge in [-0.1, -0.05) is 47.5 Å². The van der Waals surface area contributed by atoms with Crippen molar-refractivity contribution in [3.8, 4) is 0 Å². The van der Waals surface area contributed by atoms with E-state index < -0.39 is 12.3 Å². The van der Waals surface area contributed by atoms with Crippen molar-refractivity contribution in [3.63, 3.8) is 0 Å². The third-order valence-corrected chi connectivity index (χ3v) is 6.38. The van der Waals surface area contributed by atoms with Gasteiger partial charge in [-0.15, -0.1) is 0 Å². The van der Waals surface area contributed by atoms with Crippen LogP contribution in [0.5, 0.6) is 0 Å². The van der Waals surface area contributed by atoms with Crippen LogP contribution in [0.3, 0.4) is 0 Å². The molecule has 9 heteroatoms. The molecule has 2 aromatic heterocycles. The standard InChI is InChI=1S/C26H24Cl2F2N4O/c27-20-5-3-17(4-6-20)2-1-13-34-14-10-18(11-15-34)24-21(7-8-22(32-24)25(29)30)33-26(35)19-9-12-31-23(28)16-19/h1-9,12,16,18,25H,10-11,13-15H2,(H,33,35). The highest BCUT2D eigenvalue weighted by Gasteiger charge is 2.25. The number of alkyl halides is 2. The quantitative estimate of drug-likeness (QED) is 0.348. The van der Waals surface area contributed by atoms with E-state index in [0.717, 1.165) is 38.0 Å². The average Bonchev–Trinajstić information content (AvgIpc) is 2.86. The summed E-state index contributed by atoms with van der Waals surface area (Å²) in [6.45, 7) is 2.37. The Kier molecular flexibility index (Phi) is 8.44. The van der Waals surface area contributed by atoms with Crippen LogP contribution in [0.1, 0.15) is 52.5 Å². The van der Waals surface area contributed by atoms with Crippen molar-refractivity contribution in [2.24, 2.45) is 0 Å². The van der Waals surface area contributed by atoms with Gasteiger partial charge in [0.25, 0.3) is 12.3 Å². The van der Waals surface area contributed by atoms with E-state index in [-0.39, 0.29) is 16.8 Å². The molecule has 0 bridgehead atoms. The van der Waals surface area contributed by atoms with Crippen molar-refractivity contribution in [2.45, 2.75) is 25.2 Å². The van der Waals surface area contributed by atoms with Gasteiger partial charge in [0.1, 0.15) is 10.8 Å². The number of anilines is 1. The lowest BCUT2D eigenvalue weighted by atomic mass is 9.91. The van der Waals surface area contributed by atoms with Crippen molar-refractivity contribution in [1.29, 1.82) is 0 Å². The fourth-order valence-corrected chi connectivity index (χ4v) is 4.37. The number of aromatic nitrogens is 2. The average molecular weight is 517 g/mol. The van der Waals surface area contributed by atoms with Crippen molar-refractivity contribution in [1.82, 2.24) is 14.9 Å². The second kappa shape index (κ2) is 11.7. The molecule has 0 unspecified atom stereocenters. The van der Waals surface area contributed by atoms with E-state index in [4.69, 9.17) is 23.2 Å². The van der Waals surface area contributed by atoms with Gasteiger partial charge in [-0.2, -0.15) is 0 Å². The number of carbonyl (C=O) groups excluding carboxylic acids is 1. The van der Waals surface area contributed by atoms with E-state index in [1.54, 1.807) is 0 Å². The van der Waals surface area contributed by atoms with Crippen LogP contribution < -0.4 is 5.32 Å². The lowest BCUT2D eigenvalue weighted by Crippen LogP contribution is -2.33. The van der Waals surface area contributed by atoms with Crippen LogP contribution in [-0.2, 0) is 0 Å². The monoisotopic (exact) mass is 516 g/mol. The van der Waals surface area contributed by atoms with Gasteiger partial charge in [0.05, 0.1) is 11.4 Å². The number of rotatable bonds is 7. The Balaban J connectivity index is 1.43. The molecule has 0 aliphatic carbocycles. The Morgan fingerprint density at radius 3 is 2.54 bits per heavy atom. The third kappa shape index (κ3) is 6.84. The topological polar surface area (TPSA) is 58.1 Å². The Morgan fingerprint density at radius 1 is 1.11 bits per heavy atom. The molecule has 5 nitrogen and oxygen atoms in total. The number of hydrogen-bond donors (Lipinski definition) is 1. The second-order valence-corrected chi connectivity index (χ2v) is 9.14. The molecule has 1 amide bonds. The van der Waals surface area contributed by atoms with Gasteiger partial charge >= 0.3 is 0 Å². The smallest absolute Gasteiger partial charge is 0.280 e. The van der Waals surface area contributed by atoms with E-state index in [2.05, 4.69) is 32.3 Å². The first-order chi connectivity index (χ1) is 16.9. The largest absolute Gasteiger partial charge is 0.320 e. The molecule has 3 heterocycles. The molecule has 1 aromatic carbocycles. The van der Waals surface area contributed by atoms with Gasteiger partial charge in [0, 0.05) is 29.2 Å². The minimum absolute atomic E-state index is 0.0403. The Bertz CT molecular complexity index is 1200. The zero-order chi connectivity index (χ0) is 24.8. The zero-order valence-electron chi connectivity index (χ0n) is 18.8. The highest BCUT2D eigenvalue weighted by atomic mass is 35.5. The fraction of sp³-hybridized carbons (Fsp3) is 0.269. The van der Waals surface area contributed by atoms with Gasteiger partial charge in [-0.3, -0.25) is 9.69 Å². The molecule has 182 valence electrons. The normalized spacial score (nSPS) is 15.1. The number of nitrogens with zero attached hydrogens (tertiary/aromatic N) is 3. The number of piperidine rings is 1. The molecule has 3 aromatic rings. The Morgan fingerprint density at radius 2 is 1.86 bits per heavy atom. The van der Waals surface area contributed by atoms with Crippen molar-refractivity contribution in [3.05, 3.63) is 93.5 Å². The molecule has 1 saturated heterocycles.